The van der Waals surface area contributed by atoms with Crippen molar-refractivity contribution in [3.05, 3.63) is 35.9 Å². The number of carboxylic acids is 1. The summed E-state index contributed by atoms with van der Waals surface area (Å²) in [7, 11) is 0. The van der Waals surface area contributed by atoms with E-state index in [0.29, 0.717) is 19.3 Å². The largest absolute Gasteiger partial charge is 0.480 e. The molecule has 1 aromatic rings. The van der Waals surface area contributed by atoms with Crippen LogP contribution in [0.25, 0.3) is 0 Å². The first-order chi connectivity index (χ1) is 13.0. The van der Waals surface area contributed by atoms with Gasteiger partial charge in [-0.1, -0.05) is 44.2 Å². The Labute approximate surface area is 166 Å². The fourth-order valence-corrected chi connectivity index (χ4v) is 2.64. The second-order valence-corrected chi connectivity index (χ2v) is 8.25. The van der Waals surface area contributed by atoms with Crippen molar-refractivity contribution in [1.82, 2.24) is 10.6 Å². The number of ether oxygens (including phenoxy) is 1. The Morgan fingerprint density at radius 3 is 2.14 bits per heavy atom. The van der Waals surface area contributed by atoms with E-state index in [1.807, 2.05) is 44.2 Å². The van der Waals surface area contributed by atoms with Gasteiger partial charge in [0.25, 0.3) is 0 Å². The van der Waals surface area contributed by atoms with Gasteiger partial charge in [-0.05, 0) is 51.5 Å². The standard InChI is InChI=1S/C21H32N2O5/c1-14(2)13-17(19(25)26)22-18(24)16(23-20(27)28-21(3,4)5)12-11-15-9-7-6-8-10-15/h6-10,14,16-17H,11-13H2,1-5H3,(H,22,24)(H,23,27)(H,25,26)/t16-,17+/m1/s1. The van der Waals surface area contributed by atoms with Crippen LogP contribution in [0.2, 0.25) is 0 Å². The molecular weight excluding hydrogens is 360 g/mol. The number of amides is 2. The average molecular weight is 392 g/mol. The summed E-state index contributed by atoms with van der Waals surface area (Å²) >= 11 is 0. The lowest BCUT2D eigenvalue weighted by atomic mass is 10.0. The van der Waals surface area contributed by atoms with Gasteiger partial charge in [0.05, 0.1) is 0 Å². The summed E-state index contributed by atoms with van der Waals surface area (Å²) in [5.74, 6) is -1.53. The molecular formula is C21H32N2O5. The zero-order chi connectivity index (χ0) is 21.3. The van der Waals surface area contributed by atoms with Gasteiger partial charge in [0, 0.05) is 0 Å². The number of aryl methyl sites for hydroxylation is 1. The molecule has 28 heavy (non-hydrogen) atoms. The van der Waals surface area contributed by atoms with Crippen LogP contribution in [0.4, 0.5) is 4.79 Å². The molecule has 1 aromatic carbocycles. The molecule has 0 radical (unpaired) electrons. The molecule has 2 atom stereocenters. The molecule has 0 bridgehead atoms. The molecule has 0 aromatic heterocycles. The van der Waals surface area contributed by atoms with Crippen molar-refractivity contribution < 1.29 is 24.2 Å². The van der Waals surface area contributed by atoms with Crippen molar-refractivity contribution in [2.45, 2.75) is 71.6 Å². The minimum absolute atomic E-state index is 0.1000. The molecule has 0 unspecified atom stereocenters. The minimum atomic E-state index is -1.10. The number of aliphatic carboxylic acids is 1. The maximum Gasteiger partial charge on any atom is 0.408 e. The lowest BCUT2D eigenvalue weighted by Gasteiger charge is -2.25. The fourth-order valence-electron chi connectivity index (χ4n) is 2.64. The van der Waals surface area contributed by atoms with Gasteiger partial charge in [0.2, 0.25) is 5.91 Å². The number of alkyl carbamates (subject to hydrolysis) is 1. The van der Waals surface area contributed by atoms with Crippen molar-refractivity contribution in [2.24, 2.45) is 5.92 Å². The van der Waals surface area contributed by atoms with Gasteiger partial charge < -0.3 is 20.5 Å². The number of carboxylic acid groups (broad SMARTS) is 1. The Balaban J connectivity index is 2.85. The van der Waals surface area contributed by atoms with E-state index in [1.54, 1.807) is 20.8 Å². The van der Waals surface area contributed by atoms with Crippen LogP contribution < -0.4 is 10.6 Å². The highest BCUT2D eigenvalue weighted by Gasteiger charge is 2.28. The van der Waals surface area contributed by atoms with E-state index >= 15 is 0 Å². The second-order valence-electron chi connectivity index (χ2n) is 8.25. The van der Waals surface area contributed by atoms with Crippen LogP contribution >= 0.6 is 0 Å². The maximum atomic E-state index is 12.7. The van der Waals surface area contributed by atoms with Gasteiger partial charge in [-0.15, -0.1) is 0 Å². The van der Waals surface area contributed by atoms with Crippen molar-refractivity contribution in [3.63, 3.8) is 0 Å². The fraction of sp³-hybridized carbons (Fsp3) is 0.571. The minimum Gasteiger partial charge on any atom is -0.480 e. The maximum absolute atomic E-state index is 12.7. The first kappa shape index (κ1) is 23.5. The molecule has 0 saturated carbocycles. The Morgan fingerprint density at radius 2 is 1.64 bits per heavy atom. The van der Waals surface area contributed by atoms with Gasteiger partial charge in [0.1, 0.15) is 17.7 Å². The van der Waals surface area contributed by atoms with Crippen LogP contribution in [-0.2, 0) is 20.7 Å². The van der Waals surface area contributed by atoms with Crippen LogP contribution in [-0.4, -0.2) is 40.8 Å². The SMILES string of the molecule is CC(C)C[C@H](NC(=O)[C@@H](CCc1ccccc1)NC(=O)OC(C)(C)C)C(=O)O. The van der Waals surface area contributed by atoms with E-state index in [1.165, 1.54) is 0 Å². The summed E-state index contributed by atoms with van der Waals surface area (Å²) in [6.45, 7) is 8.96. The number of benzene rings is 1. The molecule has 7 heteroatoms. The molecule has 0 aliphatic heterocycles. The van der Waals surface area contributed by atoms with E-state index in [4.69, 9.17) is 4.74 Å². The van der Waals surface area contributed by atoms with Crippen LogP contribution in [0.3, 0.4) is 0 Å². The number of carbonyl (C=O) groups excluding carboxylic acids is 2. The lowest BCUT2D eigenvalue weighted by molar-refractivity contribution is -0.142. The summed E-state index contributed by atoms with van der Waals surface area (Å²) in [6.07, 6.45) is 0.468. The third-order valence-corrected chi connectivity index (χ3v) is 3.89. The Hall–Kier alpha value is -2.57. The summed E-state index contributed by atoms with van der Waals surface area (Å²) in [5, 5.41) is 14.5. The van der Waals surface area contributed by atoms with Gasteiger partial charge >= 0.3 is 12.1 Å². The third kappa shape index (κ3) is 9.39. The highest BCUT2D eigenvalue weighted by Crippen LogP contribution is 2.11. The van der Waals surface area contributed by atoms with E-state index in [9.17, 15) is 19.5 Å². The van der Waals surface area contributed by atoms with Crippen molar-refractivity contribution >= 4 is 18.0 Å². The predicted octanol–water partition coefficient (Wildman–Crippen LogP) is 3.13. The molecule has 0 heterocycles. The molecule has 0 fully saturated rings. The van der Waals surface area contributed by atoms with Crippen molar-refractivity contribution in [3.8, 4) is 0 Å². The topological polar surface area (TPSA) is 105 Å². The Kier molecular flexibility index (Phi) is 8.96. The molecule has 2 amide bonds. The molecule has 7 nitrogen and oxygen atoms in total. The smallest absolute Gasteiger partial charge is 0.408 e. The van der Waals surface area contributed by atoms with Crippen LogP contribution in [0.5, 0.6) is 0 Å². The molecule has 156 valence electrons. The van der Waals surface area contributed by atoms with Crippen LogP contribution in [0, 0.1) is 5.92 Å². The van der Waals surface area contributed by atoms with E-state index in [2.05, 4.69) is 10.6 Å². The van der Waals surface area contributed by atoms with E-state index < -0.39 is 35.7 Å². The number of hydrogen-bond acceptors (Lipinski definition) is 4. The normalized spacial score (nSPS) is 13.5. The molecule has 3 N–H and O–H groups in total. The summed E-state index contributed by atoms with van der Waals surface area (Å²) < 4.78 is 5.24. The number of nitrogens with one attached hydrogen (secondary N) is 2. The Bertz CT molecular complexity index is 653. The third-order valence-electron chi connectivity index (χ3n) is 3.89. The highest BCUT2D eigenvalue weighted by molar-refractivity contribution is 5.89. The number of hydrogen-bond donors (Lipinski definition) is 3. The monoisotopic (exact) mass is 392 g/mol. The molecule has 0 spiro atoms. The van der Waals surface area contributed by atoms with Gasteiger partial charge in [-0.3, -0.25) is 4.79 Å². The first-order valence-corrected chi connectivity index (χ1v) is 9.54. The number of carbonyl (C=O) groups is 3. The Morgan fingerprint density at radius 1 is 1.04 bits per heavy atom. The van der Waals surface area contributed by atoms with Crippen molar-refractivity contribution in [1.29, 1.82) is 0 Å². The molecule has 0 saturated heterocycles. The molecule has 1 rings (SSSR count). The first-order valence-electron chi connectivity index (χ1n) is 9.54. The number of rotatable bonds is 9. The quantitative estimate of drug-likeness (QED) is 0.599. The highest BCUT2D eigenvalue weighted by atomic mass is 16.6. The van der Waals surface area contributed by atoms with Crippen molar-refractivity contribution in [2.75, 3.05) is 0 Å². The molecule has 0 aliphatic carbocycles. The molecule has 0 aliphatic rings. The van der Waals surface area contributed by atoms with Gasteiger partial charge in [-0.2, -0.15) is 0 Å². The summed E-state index contributed by atoms with van der Waals surface area (Å²) in [5.41, 5.74) is 0.314. The van der Waals surface area contributed by atoms with Gasteiger partial charge in [0.15, 0.2) is 0 Å². The van der Waals surface area contributed by atoms with Crippen LogP contribution in [0.15, 0.2) is 30.3 Å². The zero-order valence-corrected chi connectivity index (χ0v) is 17.3. The zero-order valence-electron chi connectivity index (χ0n) is 17.3. The predicted molar refractivity (Wildman–Crippen MR) is 107 cm³/mol. The van der Waals surface area contributed by atoms with Crippen LogP contribution in [0.1, 0.15) is 53.0 Å². The summed E-state index contributed by atoms with van der Waals surface area (Å²) in [4.78, 5) is 36.3. The van der Waals surface area contributed by atoms with Gasteiger partial charge in [-0.25, -0.2) is 9.59 Å². The van der Waals surface area contributed by atoms with E-state index in [0.717, 1.165) is 5.56 Å². The lowest BCUT2D eigenvalue weighted by Crippen LogP contribution is -2.52. The average Bonchev–Trinajstić information content (AvgIpc) is 2.56. The van der Waals surface area contributed by atoms with E-state index in [-0.39, 0.29) is 5.92 Å². The summed E-state index contributed by atoms with van der Waals surface area (Å²) in [6, 6.07) is 7.65. The second kappa shape index (κ2) is 10.7.